The topological polar surface area (TPSA) is 53.0 Å². The molecular formula is C21H23F3N2O3. The molecular weight excluding hydrogens is 385 g/mol. The second-order valence-corrected chi connectivity index (χ2v) is 7.14. The van der Waals surface area contributed by atoms with Crippen LogP contribution in [-0.4, -0.2) is 59.5 Å². The molecule has 1 fully saturated rings. The Hall–Kier alpha value is -2.58. The zero-order chi connectivity index (χ0) is 21.0. The molecule has 1 aliphatic heterocycles. The van der Waals surface area contributed by atoms with Crippen LogP contribution in [-0.2, 0) is 4.79 Å². The number of carboxylic acids is 1. The SMILES string of the molecule is C[C@H]1CN([C@H](c2ccccc2)c2cccc(OC(F)(F)F)c2)CCN1CC(=O)O. The summed E-state index contributed by atoms with van der Waals surface area (Å²) < 4.78 is 42.1. The number of hydrogen-bond acceptors (Lipinski definition) is 4. The third kappa shape index (κ3) is 5.71. The fourth-order valence-corrected chi connectivity index (χ4v) is 3.80. The van der Waals surface area contributed by atoms with E-state index in [2.05, 4.69) is 9.64 Å². The van der Waals surface area contributed by atoms with Crippen molar-refractivity contribution in [1.29, 1.82) is 0 Å². The lowest BCUT2D eigenvalue weighted by molar-refractivity contribution is -0.274. The van der Waals surface area contributed by atoms with Crippen LogP contribution in [0.15, 0.2) is 54.6 Å². The first kappa shape index (κ1) is 21.1. The first-order valence-corrected chi connectivity index (χ1v) is 9.33. The van der Waals surface area contributed by atoms with Crippen LogP contribution in [0, 0.1) is 0 Å². The van der Waals surface area contributed by atoms with Gasteiger partial charge in [-0.15, -0.1) is 13.2 Å². The lowest BCUT2D eigenvalue weighted by Gasteiger charge is -2.43. The average molecular weight is 408 g/mol. The summed E-state index contributed by atoms with van der Waals surface area (Å²) in [5.41, 5.74) is 1.65. The minimum atomic E-state index is -4.75. The number of halogens is 3. The van der Waals surface area contributed by atoms with Crippen molar-refractivity contribution in [3.05, 3.63) is 65.7 Å². The van der Waals surface area contributed by atoms with E-state index in [0.717, 1.165) is 5.56 Å². The van der Waals surface area contributed by atoms with Gasteiger partial charge in [0.15, 0.2) is 0 Å². The Morgan fingerprint density at radius 3 is 2.45 bits per heavy atom. The van der Waals surface area contributed by atoms with E-state index in [1.807, 2.05) is 42.2 Å². The number of nitrogens with zero attached hydrogens (tertiary/aromatic N) is 2. The molecule has 0 saturated carbocycles. The maximum Gasteiger partial charge on any atom is 0.573 e. The number of carbonyl (C=O) groups is 1. The van der Waals surface area contributed by atoms with Crippen LogP contribution in [0.2, 0.25) is 0 Å². The molecule has 1 N–H and O–H groups in total. The van der Waals surface area contributed by atoms with Crippen LogP contribution in [0.5, 0.6) is 5.75 Å². The maximum absolute atomic E-state index is 12.7. The smallest absolute Gasteiger partial charge is 0.480 e. The van der Waals surface area contributed by atoms with E-state index in [4.69, 9.17) is 5.11 Å². The summed E-state index contributed by atoms with van der Waals surface area (Å²) in [4.78, 5) is 15.1. The van der Waals surface area contributed by atoms with E-state index >= 15 is 0 Å². The molecule has 2 aromatic carbocycles. The van der Waals surface area contributed by atoms with E-state index in [1.54, 1.807) is 12.1 Å². The van der Waals surface area contributed by atoms with Crippen LogP contribution >= 0.6 is 0 Å². The van der Waals surface area contributed by atoms with Gasteiger partial charge in [-0.25, -0.2) is 0 Å². The van der Waals surface area contributed by atoms with Gasteiger partial charge in [0.1, 0.15) is 5.75 Å². The number of piperazine rings is 1. The molecule has 1 saturated heterocycles. The van der Waals surface area contributed by atoms with E-state index in [9.17, 15) is 18.0 Å². The standard InChI is InChI=1S/C21H23F3N2O3/c1-15-13-26(11-10-25(15)14-19(27)28)20(16-6-3-2-4-7-16)17-8-5-9-18(12-17)29-21(22,23)24/h2-9,12,15,20H,10-11,13-14H2,1H3,(H,27,28)/t15-,20+/m0/s1. The molecule has 8 heteroatoms. The van der Waals surface area contributed by atoms with Gasteiger partial charge in [-0.2, -0.15) is 0 Å². The van der Waals surface area contributed by atoms with Crippen molar-refractivity contribution in [2.75, 3.05) is 26.2 Å². The van der Waals surface area contributed by atoms with Gasteiger partial charge in [-0.05, 0) is 30.2 Å². The van der Waals surface area contributed by atoms with Crippen LogP contribution < -0.4 is 4.74 Å². The van der Waals surface area contributed by atoms with Crippen LogP contribution in [0.1, 0.15) is 24.1 Å². The summed E-state index contributed by atoms with van der Waals surface area (Å²) in [6.07, 6.45) is -4.75. The molecule has 0 spiro atoms. The largest absolute Gasteiger partial charge is 0.573 e. The molecule has 0 aliphatic carbocycles. The Morgan fingerprint density at radius 2 is 1.83 bits per heavy atom. The second kappa shape index (κ2) is 8.84. The molecule has 156 valence electrons. The Labute approximate surface area is 167 Å². The number of ether oxygens (including phenoxy) is 1. The number of benzene rings is 2. The summed E-state index contributed by atoms with van der Waals surface area (Å²) in [6.45, 7) is 3.69. The van der Waals surface area contributed by atoms with Crippen LogP contribution in [0.4, 0.5) is 13.2 Å². The highest BCUT2D eigenvalue weighted by molar-refractivity contribution is 5.69. The van der Waals surface area contributed by atoms with Gasteiger partial charge in [-0.1, -0.05) is 42.5 Å². The average Bonchev–Trinajstić information content (AvgIpc) is 2.64. The maximum atomic E-state index is 12.7. The van der Waals surface area contributed by atoms with Crippen molar-refractivity contribution in [3.8, 4) is 5.75 Å². The fraction of sp³-hybridized carbons (Fsp3) is 0.381. The highest BCUT2D eigenvalue weighted by atomic mass is 19.4. The van der Waals surface area contributed by atoms with Crippen molar-refractivity contribution in [3.63, 3.8) is 0 Å². The Balaban J connectivity index is 1.89. The molecule has 2 aromatic rings. The molecule has 0 aromatic heterocycles. The zero-order valence-electron chi connectivity index (χ0n) is 16.0. The molecule has 1 heterocycles. The minimum absolute atomic E-state index is 0.000620. The summed E-state index contributed by atoms with van der Waals surface area (Å²) >= 11 is 0. The first-order chi connectivity index (χ1) is 13.7. The highest BCUT2D eigenvalue weighted by Crippen LogP contribution is 2.33. The number of carboxylic acid groups (broad SMARTS) is 1. The van der Waals surface area contributed by atoms with Gasteiger partial charge >= 0.3 is 12.3 Å². The van der Waals surface area contributed by atoms with E-state index in [1.165, 1.54) is 12.1 Å². The number of aliphatic carboxylic acids is 1. The Kier molecular flexibility index (Phi) is 6.44. The van der Waals surface area contributed by atoms with Crippen molar-refractivity contribution >= 4 is 5.97 Å². The zero-order valence-corrected chi connectivity index (χ0v) is 16.0. The van der Waals surface area contributed by atoms with Crippen molar-refractivity contribution in [1.82, 2.24) is 9.80 Å². The number of alkyl halides is 3. The second-order valence-electron chi connectivity index (χ2n) is 7.14. The molecule has 0 radical (unpaired) electrons. The first-order valence-electron chi connectivity index (χ1n) is 9.33. The molecule has 0 bridgehead atoms. The normalized spacial score (nSPS) is 19.7. The lowest BCUT2D eigenvalue weighted by atomic mass is 9.95. The number of rotatable bonds is 6. The summed E-state index contributed by atoms with van der Waals surface area (Å²) in [5.74, 6) is -1.13. The molecule has 5 nitrogen and oxygen atoms in total. The molecule has 3 rings (SSSR count). The van der Waals surface area contributed by atoms with Gasteiger partial charge in [-0.3, -0.25) is 14.6 Å². The number of hydrogen-bond donors (Lipinski definition) is 1. The van der Waals surface area contributed by atoms with Gasteiger partial charge in [0.2, 0.25) is 0 Å². The van der Waals surface area contributed by atoms with E-state index < -0.39 is 12.3 Å². The summed E-state index contributed by atoms with van der Waals surface area (Å²) in [6, 6.07) is 15.3. The third-order valence-electron chi connectivity index (χ3n) is 5.02. The van der Waals surface area contributed by atoms with Gasteiger partial charge in [0, 0.05) is 25.7 Å². The molecule has 29 heavy (non-hydrogen) atoms. The molecule has 1 aliphatic rings. The quantitative estimate of drug-likeness (QED) is 0.789. The van der Waals surface area contributed by atoms with Crippen molar-refractivity contribution < 1.29 is 27.8 Å². The van der Waals surface area contributed by atoms with Gasteiger partial charge < -0.3 is 9.84 Å². The van der Waals surface area contributed by atoms with E-state index in [0.29, 0.717) is 25.2 Å². The Morgan fingerprint density at radius 1 is 1.14 bits per heavy atom. The predicted molar refractivity (Wildman–Crippen MR) is 102 cm³/mol. The third-order valence-corrected chi connectivity index (χ3v) is 5.02. The minimum Gasteiger partial charge on any atom is -0.480 e. The van der Waals surface area contributed by atoms with Gasteiger partial charge in [0.05, 0.1) is 12.6 Å². The predicted octanol–water partition coefficient (Wildman–Crippen LogP) is 3.77. The lowest BCUT2D eigenvalue weighted by Crippen LogP contribution is -2.54. The van der Waals surface area contributed by atoms with Crippen LogP contribution in [0.3, 0.4) is 0 Å². The van der Waals surface area contributed by atoms with Gasteiger partial charge in [0.25, 0.3) is 0 Å². The molecule has 0 amide bonds. The summed E-state index contributed by atoms with van der Waals surface area (Å²) in [7, 11) is 0. The highest BCUT2D eigenvalue weighted by Gasteiger charge is 2.33. The van der Waals surface area contributed by atoms with E-state index in [-0.39, 0.29) is 24.4 Å². The molecule has 0 unspecified atom stereocenters. The fourth-order valence-electron chi connectivity index (χ4n) is 3.80. The van der Waals surface area contributed by atoms with Crippen molar-refractivity contribution in [2.45, 2.75) is 25.4 Å². The summed E-state index contributed by atoms with van der Waals surface area (Å²) in [5, 5.41) is 9.08. The monoisotopic (exact) mass is 408 g/mol. The molecule has 2 atom stereocenters. The van der Waals surface area contributed by atoms with Crippen LogP contribution in [0.25, 0.3) is 0 Å². The Bertz CT molecular complexity index is 829. The van der Waals surface area contributed by atoms with Crippen molar-refractivity contribution in [2.24, 2.45) is 0 Å².